The van der Waals surface area contributed by atoms with Crippen LogP contribution in [-0.4, -0.2) is 13.1 Å². The maximum absolute atomic E-state index is 13.6. The van der Waals surface area contributed by atoms with E-state index in [-0.39, 0.29) is 5.82 Å². The smallest absolute Gasteiger partial charge is 0.127 e. The summed E-state index contributed by atoms with van der Waals surface area (Å²) < 4.78 is 14.3. The van der Waals surface area contributed by atoms with Crippen LogP contribution in [0.3, 0.4) is 0 Å². The van der Waals surface area contributed by atoms with Gasteiger partial charge in [0.05, 0.1) is 5.02 Å². The van der Waals surface area contributed by atoms with Crippen molar-refractivity contribution in [3.8, 4) is 0 Å². The van der Waals surface area contributed by atoms with Crippen LogP contribution in [0.15, 0.2) is 16.6 Å². The maximum Gasteiger partial charge on any atom is 0.127 e. The molecule has 0 aliphatic carbocycles. The quantitative estimate of drug-likeness (QED) is 0.824. The highest BCUT2D eigenvalue weighted by Gasteiger charge is 2.19. The van der Waals surface area contributed by atoms with Crippen molar-refractivity contribution >= 4 is 27.5 Å². The van der Waals surface area contributed by atoms with Gasteiger partial charge in [-0.3, -0.25) is 0 Å². The van der Waals surface area contributed by atoms with Crippen molar-refractivity contribution < 1.29 is 4.39 Å². The standard InChI is InChI=1S/C11H12BrClFN/c12-9-1-2-10(14)8(11(9)13)5-7-3-4-15-6-7/h1-2,7,15H,3-6H2. The zero-order valence-corrected chi connectivity index (χ0v) is 10.5. The van der Waals surface area contributed by atoms with Crippen LogP contribution >= 0.6 is 27.5 Å². The Morgan fingerprint density at radius 1 is 1.53 bits per heavy atom. The summed E-state index contributed by atoms with van der Waals surface area (Å²) in [4.78, 5) is 0. The molecule has 0 spiro atoms. The molecule has 1 nitrogen and oxygen atoms in total. The third-order valence-corrected chi connectivity index (χ3v) is 4.11. The molecule has 1 atom stereocenters. The molecule has 1 aromatic carbocycles. The van der Waals surface area contributed by atoms with E-state index in [9.17, 15) is 4.39 Å². The first-order valence-corrected chi connectivity index (χ1v) is 6.18. The molecule has 2 rings (SSSR count). The van der Waals surface area contributed by atoms with Crippen LogP contribution in [-0.2, 0) is 6.42 Å². The highest BCUT2D eigenvalue weighted by Crippen LogP contribution is 2.30. The molecule has 1 aromatic rings. The summed E-state index contributed by atoms with van der Waals surface area (Å²) in [6.45, 7) is 1.99. The summed E-state index contributed by atoms with van der Waals surface area (Å²) in [6, 6.07) is 3.11. The fourth-order valence-corrected chi connectivity index (χ4v) is 2.54. The van der Waals surface area contributed by atoms with E-state index < -0.39 is 0 Å². The summed E-state index contributed by atoms with van der Waals surface area (Å²) >= 11 is 9.39. The summed E-state index contributed by atoms with van der Waals surface area (Å²) in [5, 5.41) is 3.78. The molecule has 0 saturated carbocycles. The van der Waals surface area contributed by atoms with Crippen molar-refractivity contribution in [2.45, 2.75) is 12.8 Å². The van der Waals surface area contributed by atoms with E-state index in [0.717, 1.165) is 30.4 Å². The Morgan fingerprint density at radius 3 is 3.00 bits per heavy atom. The lowest BCUT2D eigenvalue weighted by Crippen LogP contribution is -2.11. The number of halogens is 3. The topological polar surface area (TPSA) is 12.0 Å². The molecule has 15 heavy (non-hydrogen) atoms. The Balaban J connectivity index is 2.22. The fraction of sp³-hybridized carbons (Fsp3) is 0.455. The van der Waals surface area contributed by atoms with E-state index in [1.807, 2.05) is 0 Å². The Kier molecular flexibility index (Phi) is 3.65. The van der Waals surface area contributed by atoms with Gasteiger partial charge in [0.2, 0.25) is 0 Å². The Labute approximate surface area is 102 Å². The minimum Gasteiger partial charge on any atom is -0.316 e. The summed E-state index contributed by atoms with van der Waals surface area (Å²) in [6.07, 6.45) is 1.82. The predicted octanol–water partition coefficient (Wildman–Crippen LogP) is 3.39. The van der Waals surface area contributed by atoms with E-state index >= 15 is 0 Å². The molecule has 1 heterocycles. The molecular weight excluding hydrogens is 280 g/mol. The fourth-order valence-electron chi connectivity index (χ4n) is 1.93. The molecule has 1 aliphatic heterocycles. The number of rotatable bonds is 2. The van der Waals surface area contributed by atoms with Gasteiger partial charge < -0.3 is 5.32 Å². The van der Waals surface area contributed by atoms with Crippen LogP contribution in [0.25, 0.3) is 0 Å². The Hall–Kier alpha value is -0.120. The molecule has 1 N–H and O–H groups in total. The van der Waals surface area contributed by atoms with Gasteiger partial charge >= 0.3 is 0 Å². The van der Waals surface area contributed by atoms with Crippen LogP contribution in [0.2, 0.25) is 5.02 Å². The predicted molar refractivity (Wildman–Crippen MR) is 63.8 cm³/mol. The average molecular weight is 293 g/mol. The van der Waals surface area contributed by atoms with E-state index in [0.29, 0.717) is 16.5 Å². The third kappa shape index (κ3) is 2.52. The second kappa shape index (κ2) is 4.81. The van der Waals surface area contributed by atoms with E-state index in [4.69, 9.17) is 11.6 Å². The van der Waals surface area contributed by atoms with Gasteiger partial charge in [0.1, 0.15) is 5.82 Å². The Bertz CT molecular complexity index is 364. The molecule has 1 aliphatic rings. The third-order valence-electron chi connectivity index (χ3n) is 2.79. The summed E-state index contributed by atoms with van der Waals surface area (Å²) in [5.41, 5.74) is 0.639. The first-order chi connectivity index (χ1) is 7.18. The Morgan fingerprint density at radius 2 is 2.33 bits per heavy atom. The van der Waals surface area contributed by atoms with Crippen molar-refractivity contribution in [3.05, 3.63) is 33.0 Å². The molecular formula is C11H12BrClFN. The van der Waals surface area contributed by atoms with Gasteiger partial charge in [0.15, 0.2) is 0 Å². The SMILES string of the molecule is Fc1ccc(Br)c(Cl)c1CC1CCNC1. The van der Waals surface area contributed by atoms with Crippen molar-refractivity contribution in [2.75, 3.05) is 13.1 Å². The van der Waals surface area contributed by atoms with E-state index in [2.05, 4.69) is 21.2 Å². The van der Waals surface area contributed by atoms with E-state index in [1.54, 1.807) is 6.07 Å². The largest absolute Gasteiger partial charge is 0.316 e. The van der Waals surface area contributed by atoms with Crippen LogP contribution in [0.5, 0.6) is 0 Å². The van der Waals surface area contributed by atoms with Crippen LogP contribution < -0.4 is 5.32 Å². The lowest BCUT2D eigenvalue weighted by atomic mass is 9.98. The second-order valence-corrected chi connectivity index (χ2v) is 5.12. The van der Waals surface area contributed by atoms with Crippen LogP contribution in [0, 0.1) is 11.7 Å². The highest BCUT2D eigenvalue weighted by molar-refractivity contribution is 9.10. The highest BCUT2D eigenvalue weighted by atomic mass is 79.9. The van der Waals surface area contributed by atoms with E-state index in [1.165, 1.54) is 6.07 Å². The molecule has 1 unspecified atom stereocenters. The molecule has 0 radical (unpaired) electrons. The zero-order chi connectivity index (χ0) is 10.8. The van der Waals surface area contributed by atoms with Gasteiger partial charge in [-0.1, -0.05) is 11.6 Å². The van der Waals surface area contributed by atoms with Crippen molar-refractivity contribution in [3.63, 3.8) is 0 Å². The maximum atomic E-state index is 13.6. The molecule has 82 valence electrons. The minimum absolute atomic E-state index is 0.199. The molecule has 0 aromatic heterocycles. The monoisotopic (exact) mass is 291 g/mol. The lowest BCUT2D eigenvalue weighted by Gasteiger charge is -2.11. The van der Waals surface area contributed by atoms with Crippen LogP contribution in [0.4, 0.5) is 4.39 Å². The number of nitrogens with one attached hydrogen (secondary N) is 1. The molecule has 0 bridgehead atoms. The normalized spacial score (nSPS) is 20.9. The lowest BCUT2D eigenvalue weighted by molar-refractivity contribution is 0.543. The van der Waals surface area contributed by atoms with Gasteiger partial charge in [-0.15, -0.1) is 0 Å². The zero-order valence-electron chi connectivity index (χ0n) is 8.19. The molecule has 0 amide bonds. The summed E-state index contributed by atoms with van der Waals surface area (Å²) in [7, 11) is 0. The first-order valence-electron chi connectivity index (χ1n) is 5.01. The van der Waals surface area contributed by atoms with Gasteiger partial charge in [-0.2, -0.15) is 0 Å². The van der Waals surface area contributed by atoms with Crippen molar-refractivity contribution in [1.82, 2.24) is 5.32 Å². The van der Waals surface area contributed by atoms with Crippen molar-refractivity contribution in [1.29, 1.82) is 0 Å². The van der Waals surface area contributed by atoms with Gasteiger partial charge in [-0.05, 0) is 59.9 Å². The van der Waals surface area contributed by atoms with Gasteiger partial charge in [0, 0.05) is 10.0 Å². The molecule has 1 saturated heterocycles. The van der Waals surface area contributed by atoms with Gasteiger partial charge in [-0.25, -0.2) is 4.39 Å². The number of hydrogen-bond acceptors (Lipinski definition) is 1. The molecule has 1 fully saturated rings. The minimum atomic E-state index is -0.199. The van der Waals surface area contributed by atoms with Gasteiger partial charge in [0.25, 0.3) is 0 Å². The van der Waals surface area contributed by atoms with Crippen molar-refractivity contribution in [2.24, 2.45) is 5.92 Å². The van der Waals surface area contributed by atoms with Crippen LogP contribution in [0.1, 0.15) is 12.0 Å². The second-order valence-electron chi connectivity index (χ2n) is 3.88. The summed E-state index contributed by atoms with van der Waals surface area (Å²) in [5.74, 6) is 0.307. The first kappa shape index (κ1) is 11.4. The molecule has 4 heteroatoms. The average Bonchev–Trinajstić information content (AvgIpc) is 2.71. The number of benzene rings is 1. The number of hydrogen-bond donors (Lipinski definition) is 1.